The van der Waals surface area contributed by atoms with Crippen molar-refractivity contribution in [2.75, 3.05) is 18.3 Å². The monoisotopic (exact) mass is 498 g/mol. The summed E-state index contributed by atoms with van der Waals surface area (Å²) in [7, 11) is -4.36. The van der Waals surface area contributed by atoms with Gasteiger partial charge in [-0.15, -0.1) is 0 Å². The molecule has 4 rings (SSSR count). The summed E-state index contributed by atoms with van der Waals surface area (Å²) in [6.07, 6.45) is -3.87. The second-order valence-corrected chi connectivity index (χ2v) is 9.71. The standard InChI is InChI=1S/C20H24ClN4O7P/c1-11(12-5-3-2-4-6-12)22-17-13-7-8-25(18(13)24-20(21)23-17)19-16(27)15(26)14(32-19)9-31-10-33(28,29)30/h2-8,11,14-16,19,26-27H,9-10H2,1H3,(H,22,23,24)(H2,28,29,30)/t11-,14-,15-,16-,19-/m1/s1. The van der Waals surface area contributed by atoms with Crippen molar-refractivity contribution in [1.82, 2.24) is 14.5 Å². The zero-order valence-electron chi connectivity index (χ0n) is 17.5. The van der Waals surface area contributed by atoms with Crippen LogP contribution in [0, 0.1) is 0 Å². The van der Waals surface area contributed by atoms with Crippen molar-refractivity contribution in [3.63, 3.8) is 0 Å². The number of hydrogen-bond donors (Lipinski definition) is 5. The fourth-order valence-electron chi connectivity index (χ4n) is 3.74. The van der Waals surface area contributed by atoms with Gasteiger partial charge in [0.1, 0.15) is 36.1 Å². The molecule has 0 spiro atoms. The van der Waals surface area contributed by atoms with Gasteiger partial charge in [0.2, 0.25) is 5.28 Å². The summed E-state index contributed by atoms with van der Waals surface area (Å²) in [5.74, 6) is 0.495. The van der Waals surface area contributed by atoms with Crippen molar-refractivity contribution < 1.29 is 34.0 Å². The van der Waals surface area contributed by atoms with E-state index in [4.69, 9.17) is 30.9 Å². The highest BCUT2D eigenvalue weighted by atomic mass is 35.5. The van der Waals surface area contributed by atoms with Crippen molar-refractivity contribution in [3.05, 3.63) is 53.4 Å². The first kappa shape index (κ1) is 24.1. The summed E-state index contributed by atoms with van der Waals surface area (Å²) in [6, 6.07) is 11.5. The Labute approximate surface area is 194 Å². The molecule has 1 aliphatic rings. The zero-order valence-corrected chi connectivity index (χ0v) is 19.2. The number of nitrogens with one attached hydrogen (secondary N) is 1. The maximum Gasteiger partial charge on any atom is 0.350 e. The number of ether oxygens (including phenoxy) is 2. The average Bonchev–Trinajstić information content (AvgIpc) is 3.29. The highest BCUT2D eigenvalue weighted by Gasteiger charge is 2.44. The van der Waals surface area contributed by atoms with Crippen LogP contribution in [0.25, 0.3) is 11.0 Å². The summed E-state index contributed by atoms with van der Waals surface area (Å²) in [5, 5.41) is 24.8. The van der Waals surface area contributed by atoms with Crippen LogP contribution in [0.1, 0.15) is 24.8 Å². The summed E-state index contributed by atoms with van der Waals surface area (Å²) >= 11 is 6.17. The Hall–Kier alpha value is -2.08. The Kier molecular flexibility index (Phi) is 7.04. The summed E-state index contributed by atoms with van der Waals surface area (Å²) in [4.78, 5) is 26.4. The Morgan fingerprint density at radius 2 is 1.94 bits per heavy atom. The van der Waals surface area contributed by atoms with Gasteiger partial charge in [-0.05, 0) is 30.2 Å². The van der Waals surface area contributed by atoms with E-state index < -0.39 is 38.5 Å². The van der Waals surface area contributed by atoms with E-state index in [1.54, 1.807) is 12.3 Å². The molecule has 5 atom stereocenters. The molecule has 178 valence electrons. The predicted molar refractivity (Wildman–Crippen MR) is 120 cm³/mol. The summed E-state index contributed by atoms with van der Waals surface area (Å²) < 4.78 is 23.2. The third kappa shape index (κ3) is 5.37. The van der Waals surface area contributed by atoms with Gasteiger partial charge >= 0.3 is 7.60 Å². The van der Waals surface area contributed by atoms with Crippen LogP contribution in [0.2, 0.25) is 5.28 Å². The Morgan fingerprint density at radius 1 is 1.21 bits per heavy atom. The third-order valence-corrected chi connectivity index (χ3v) is 6.04. The number of rotatable bonds is 8. The van der Waals surface area contributed by atoms with Crippen molar-refractivity contribution in [2.24, 2.45) is 0 Å². The number of fused-ring (bicyclic) bond motifs is 1. The van der Waals surface area contributed by atoms with Crippen LogP contribution >= 0.6 is 19.2 Å². The minimum absolute atomic E-state index is 0.0141. The molecule has 1 fully saturated rings. The molecule has 3 aromatic rings. The minimum Gasteiger partial charge on any atom is -0.387 e. The van der Waals surface area contributed by atoms with Crippen LogP contribution in [0.15, 0.2) is 42.6 Å². The van der Waals surface area contributed by atoms with Crippen LogP contribution in [-0.2, 0) is 14.0 Å². The van der Waals surface area contributed by atoms with Crippen molar-refractivity contribution in [3.8, 4) is 0 Å². The SMILES string of the molecule is C[C@@H](Nc1nc(Cl)nc2c1ccn2[C@@H]1O[C@H](COCP(=O)(O)O)[C@@H](O)[C@H]1O)c1ccccc1. The maximum absolute atomic E-state index is 11.0. The van der Waals surface area contributed by atoms with Gasteiger partial charge in [-0.3, -0.25) is 4.57 Å². The first-order valence-corrected chi connectivity index (χ1v) is 12.3. The van der Waals surface area contributed by atoms with Gasteiger partial charge < -0.3 is 39.4 Å². The van der Waals surface area contributed by atoms with E-state index in [9.17, 15) is 14.8 Å². The molecule has 11 nitrogen and oxygen atoms in total. The Balaban J connectivity index is 1.57. The highest BCUT2D eigenvalue weighted by Crippen LogP contribution is 2.37. The molecule has 1 saturated heterocycles. The first-order chi connectivity index (χ1) is 15.6. The molecule has 1 aliphatic heterocycles. The van der Waals surface area contributed by atoms with Gasteiger partial charge in [0.15, 0.2) is 6.23 Å². The van der Waals surface area contributed by atoms with E-state index in [1.807, 2.05) is 37.3 Å². The number of nitrogens with zero attached hydrogens (tertiary/aromatic N) is 3. The number of anilines is 1. The number of benzene rings is 1. The number of aliphatic hydroxyl groups excluding tert-OH is 2. The lowest BCUT2D eigenvalue weighted by atomic mass is 10.1. The fraction of sp³-hybridized carbons (Fsp3) is 0.400. The minimum atomic E-state index is -4.36. The first-order valence-electron chi connectivity index (χ1n) is 10.1. The van der Waals surface area contributed by atoms with Crippen LogP contribution in [0.5, 0.6) is 0 Å². The summed E-state index contributed by atoms with van der Waals surface area (Å²) in [6.45, 7) is 1.67. The second kappa shape index (κ2) is 9.65. The highest BCUT2D eigenvalue weighted by molar-refractivity contribution is 7.51. The topological polar surface area (TPSA) is 159 Å². The number of aromatic nitrogens is 3. The Morgan fingerprint density at radius 3 is 2.64 bits per heavy atom. The third-order valence-electron chi connectivity index (χ3n) is 5.35. The van der Waals surface area contributed by atoms with Crippen LogP contribution < -0.4 is 5.32 Å². The molecule has 0 radical (unpaired) electrons. The van der Waals surface area contributed by atoms with E-state index in [-0.39, 0.29) is 17.9 Å². The smallest absolute Gasteiger partial charge is 0.350 e. The number of halogens is 1. The largest absolute Gasteiger partial charge is 0.387 e. The second-order valence-electron chi connectivity index (χ2n) is 7.79. The fourth-order valence-corrected chi connectivity index (χ4v) is 4.24. The van der Waals surface area contributed by atoms with Gasteiger partial charge in [-0.1, -0.05) is 30.3 Å². The molecule has 1 aromatic carbocycles. The van der Waals surface area contributed by atoms with Gasteiger partial charge in [-0.25, -0.2) is 4.98 Å². The average molecular weight is 499 g/mol. The van der Waals surface area contributed by atoms with Gasteiger partial charge in [0, 0.05) is 12.2 Å². The number of aliphatic hydroxyl groups is 2. The molecular weight excluding hydrogens is 475 g/mol. The summed E-state index contributed by atoms with van der Waals surface area (Å²) in [5.41, 5.74) is 1.43. The van der Waals surface area contributed by atoms with Gasteiger partial charge in [-0.2, -0.15) is 4.98 Å². The molecule has 5 N–H and O–H groups in total. The molecule has 3 heterocycles. The van der Waals surface area contributed by atoms with E-state index in [0.717, 1.165) is 5.56 Å². The van der Waals surface area contributed by atoms with Crippen LogP contribution in [0.4, 0.5) is 5.82 Å². The number of hydrogen-bond acceptors (Lipinski definition) is 8. The molecule has 33 heavy (non-hydrogen) atoms. The van der Waals surface area contributed by atoms with Gasteiger partial charge in [0.25, 0.3) is 0 Å². The zero-order chi connectivity index (χ0) is 23.8. The van der Waals surface area contributed by atoms with Crippen molar-refractivity contribution in [2.45, 2.75) is 37.5 Å². The molecule has 13 heteroatoms. The quantitative estimate of drug-likeness (QED) is 0.230. The van der Waals surface area contributed by atoms with Gasteiger partial charge in [0.05, 0.1) is 12.0 Å². The van der Waals surface area contributed by atoms with Crippen LogP contribution in [-0.4, -0.2) is 65.8 Å². The molecule has 0 saturated carbocycles. The van der Waals surface area contributed by atoms with Crippen LogP contribution in [0.3, 0.4) is 0 Å². The lowest BCUT2D eigenvalue weighted by Gasteiger charge is -2.19. The molecule has 0 unspecified atom stereocenters. The lowest BCUT2D eigenvalue weighted by molar-refractivity contribution is -0.0610. The van der Waals surface area contributed by atoms with E-state index in [1.165, 1.54) is 4.57 Å². The molecule has 2 aromatic heterocycles. The molecule has 0 aliphatic carbocycles. The molecular formula is C20H24ClN4O7P. The van der Waals surface area contributed by atoms with Crippen molar-refractivity contribution in [1.29, 1.82) is 0 Å². The maximum atomic E-state index is 11.0. The van der Waals surface area contributed by atoms with Crippen molar-refractivity contribution >= 4 is 36.0 Å². The lowest BCUT2D eigenvalue weighted by Crippen LogP contribution is -2.33. The Bertz CT molecular complexity index is 1160. The normalized spacial score (nSPS) is 24.3. The van der Waals surface area contributed by atoms with E-state index >= 15 is 0 Å². The predicted octanol–water partition coefficient (Wildman–Crippen LogP) is 2.03. The van der Waals surface area contributed by atoms with E-state index in [0.29, 0.717) is 16.9 Å². The van der Waals surface area contributed by atoms with E-state index in [2.05, 4.69) is 15.3 Å². The molecule has 0 amide bonds. The molecule has 0 bridgehead atoms.